The molecule has 0 heterocycles. The van der Waals surface area contributed by atoms with Crippen molar-refractivity contribution in [3.05, 3.63) is 35.4 Å². The fraction of sp³-hybridized carbons (Fsp3) is 0.294. The summed E-state index contributed by atoms with van der Waals surface area (Å²) in [5.74, 6) is 4.46. The molecule has 0 fully saturated rings. The lowest BCUT2D eigenvalue weighted by Gasteiger charge is -2.07. The number of hydrogen-bond donors (Lipinski definition) is 0. The molecule has 0 aromatic heterocycles. The Kier molecular flexibility index (Phi) is 7.27. The molecule has 22 heavy (non-hydrogen) atoms. The Morgan fingerprint density at radius 3 is 2.68 bits per heavy atom. The molecule has 0 aliphatic rings. The molecular formula is C17H18O5. The maximum atomic E-state index is 11.4. The first kappa shape index (κ1) is 17.3. The van der Waals surface area contributed by atoms with Crippen molar-refractivity contribution < 1.29 is 23.8 Å². The Morgan fingerprint density at radius 2 is 2.00 bits per heavy atom. The number of benzene rings is 1. The SMILES string of the molecule is CCOC(=O)C#CCOc1ccccc1/C=C(\C)C(=O)OC. The molecule has 0 aliphatic carbocycles. The van der Waals surface area contributed by atoms with E-state index in [1.165, 1.54) is 7.11 Å². The molecule has 0 saturated carbocycles. The molecule has 0 unspecified atom stereocenters. The monoisotopic (exact) mass is 302 g/mol. The van der Waals surface area contributed by atoms with E-state index in [0.29, 0.717) is 11.3 Å². The number of carbonyl (C=O) groups is 2. The van der Waals surface area contributed by atoms with Gasteiger partial charge < -0.3 is 14.2 Å². The number of methoxy groups -OCH3 is 1. The van der Waals surface area contributed by atoms with Crippen LogP contribution in [0.5, 0.6) is 5.75 Å². The average molecular weight is 302 g/mol. The molecule has 0 radical (unpaired) electrons. The van der Waals surface area contributed by atoms with Gasteiger partial charge in [0.25, 0.3) is 0 Å². The van der Waals surface area contributed by atoms with Gasteiger partial charge in [-0.15, -0.1) is 0 Å². The quantitative estimate of drug-likeness (QED) is 0.361. The third-order valence-electron chi connectivity index (χ3n) is 2.56. The van der Waals surface area contributed by atoms with Crippen LogP contribution < -0.4 is 4.74 Å². The highest BCUT2D eigenvalue weighted by molar-refractivity contribution is 5.93. The van der Waals surface area contributed by atoms with Crippen LogP contribution in [0.2, 0.25) is 0 Å². The molecule has 116 valence electrons. The van der Waals surface area contributed by atoms with Crippen molar-refractivity contribution in [2.75, 3.05) is 20.3 Å². The average Bonchev–Trinajstić information content (AvgIpc) is 2.52. The maximum Gasteiger partial charge on any atom is 0.384 e. The van der Waals surface area contributed by atoms with Gasteiger partial charge in [-0.05, 0) is 31.9 Å². The fourth-order valence-corrected chi connectivity index (χ4v) is 1.57. The predicted octanol–water partition coefficient (Wildman–Crippen LogP) is 2.21. The normalized spacial score (nSPS) is 10.2. The van der Waals surface area contributed by atoms with Gasteiger partial charge in [0.1, 0.15) is 12.4 Å². The van der Waals surface area contributed by atoms with E-state index in [0.717, 1.165) is 5.56 Å². The lowest BCUT2D eigenvalue weighted by atomic mass is 10.1. The Bertz CT molecular complexity index is 619. The Labute approximate surface area is 129 Å². The highest BCUT2D eigenvalue weighted by Crippen LogP contribution is 2.21. The lowest BCUT2D eigenvalue weighted by molar-refractivity contribution is -0.136. The molecule has 0 amide bonds. The van der Waals surface area contributed by atoms with Crippen LogP contribution in [0, 0.1) is 11.8 Å². The third-order valence-corrected chi connectivity index (χ3v) is 2.56. The van der Waals surface area contributed by atoms with Crippen LogP contribution >= 0.6 is 0 Å². The Balaban J connectivity index is 2.76. The van der Waals surface area contributed by atoms with Crippen LogP contribution in [-0.4, -0.2) is 32.3 Å². The highest BCUT2D eigenvalue weighted by atomic mass is 16.5. The molecule has 0 aliphatic heterocycles. The van der Waals surface area contributed by atoms with Gasteiger partial charge >= 0.3 is 11.9 Å². The number of ether oxygens (including phenoxy) is 3. The standard InChI is InChI=1S/C17H18O5/c1-4-21-16(18)10-7-11-22-15-9-6-5-8-14(15)12-13(2)17(19)20-3/h5-6,8-9,12H,4,11H2,1-3H3/b13-12+. The molecule has 5 nitrogen and oxygen atoms in total. The highest BCUT2D eigenvalue weighted by Gasteiger charge is 2.06. The first-order chi connectivity index (χ1) is 10.6. The summed E-state index contributed by atoms with van der Waals surface area (Å²) in [6.45, 7) is 3.70. The summed E-state index contributed by atoms with van der Waals surface area (Å²) in [4.78, 5) is 22.5. The van der Waals surface area contributed by atoms with E-state index in [2.05, 4.69) is 21.3 Å². The van der Waals surface area contributed by atoms with Gasteiger partial charge in [0, 0.05) is 17.1 Å². The fourth-order valence-electron chi connectivity index (χ4n) is 1.57. The molecule has 1 rings (SSSR count). The summed E-state index contributed by atoms with van der Waals surface area (Å²) >= 11 is 0. The van der Waals surface area contributed by atoms with Crippen LogP contribution in [0.3, 0.4) is 0 Å². The summed E-state index contributed by atoms with van der Waals surface area (Å²) in [5.41, 5.74) is 1.18. The minimum atomic E-state index is -0.583. The van der Waals surface area contributed by atoms with Gasteiger partial charge in [-0.25, -0.2) is 9.59 Å². The third kappa shape index (κ3) is 5.71. The number of carbonyl (C=O) groups excluding carboxylic acids is 2. The molecule has 1 aromatic rings. The van der Waals surface area contributed by atoms with Gasteiger partial charge in [0.15, 0.2) is 0 Å². The number of esters is 2. The van der Waals surface area contributed by atoms with Crippen molar-refractivity contribution in [1.82, 2.24) is 0 Å². The van der Waals surface area contributed by atoms with Crippen molar-refractivity contribution in [1.29, 1.82) is 0 Å². The van der Waals surface area contributed by atoms with E-state index in [1.807, 2.05) is 6.07 Å². The van der Waals surface area contributed by atoms with E-state index >= 15 is 0 Å². The van der Waals surface area contributed by atoms with Crippen LogP contribution in [-0.2, 0) is 19.1 Å². The van der Waals surface area contributed by atoms with Gasteiger partial charge in [0.2, 0.25) is 0 Å². The summed E-state index contributed by atoms with van der Waals surface area (Å²) in [5, 5.41) is 0. The smallest absolute Gasteiger partial charge is 0.384 e. The van der Waals surface area contributed by atoms with Crippen molar-refractivity contribution in [3.63, 3.8) is 0 Å². The largest absolute Gasteiger partial charge is 0.480 e. The molecule has 0 N–H and O–H groups in total. The van der Waals surface area contributed by atoms with Crippen LogP contribution in [0.4, 0.5) is 0 Å². The molecule has 5 heteroatoms. The van der Waals surface area contributed by atoms with Crippen molar-refractivity contribution >= 4 is 18.0 Å². The lowest BCUT2D eigenvalue weighted by Crippen LogP contribution is -2.03. The van der Waals surface area contributed by atoms with Gasteiger partial charge in [0.05, 0.1) is 13.7 Å². The summed E-state index contributed by atoms with van der Waals surface area (Å²) in [6.07, 6.45) is 1.67. The zero-order valence-corrected chi connectivity index (χ0v) is 12.8. The van der Waals surface area contributed by atoms with Crippen LogP contribution in [0.15, 0.2) is 29.8 Å². The van der Waals surface area contributed by atoms with Crippen molar-refractivity contribution in [2.24, 2.45) is 0 Å². The maximum absolute atomic E-state index is 11.4. The van der Waals surface area contributed by atoms with E-state index in [9.17, 15) is 9.59 Å². The molecule has 0 bridgehead atoms. The number of para-hydroxylation sites is 1. The number of hydrogen-bond acceptors (Lipinski definition) is 5. The molecule has 0 spiro atoms. The van der Waals surface area contributed by atoms with Gasteiger partial charge in [-0.3, -0.25) is 0 Å². The topological polar surface area (TPSA) is 61.8 Å². The number of rotatable bonds is 5. The van der Waals surface area contributed by atoms with Crippen molar-refractivity contribution in [2.45, 2.75) is 13.8 Å². The van der Waals surface area contributed by atoms with Crippen LogP contribution in [0.1, 0.15) is 19.4 Å². The second-order valence-electron chi connectivity index (χ2n) is 4.17. The second kappa shape index (κ2) is 9.24. The van der Waals surface area contributed by atoms with Gasteiger partial charge in [-0.2, -0.15) is 0 Å². The molecular weight excluding hydrogens is 284 g/mol. The first-order valence-corrected chi connectivity index (χ1v) is 6.72. The zero-order chi connectivity index (χ0) is 16.4. The van der Waals surface area contributed by atoms with E-state index in [1.54, 1.807) is 38.1 Å². The van der Waals surface area contributed by atoms with E-state index < -0.39 is 11.9 Å². The second-order valence-corrected chi connectivity index (χ2v) is 4.17. The Morgan fingerprint density at radius 1 is 1.27 bits per heavy atom. The van der Waals surface area contributed by atoms with Crippen molar-refractivity contribution in [3.8, 4) is 17.6 Å². The zero-order valence-electron chi connectivity index (χ0n) is 12.8. The Hall–Kier alpha value is -2.74. The summed E-state index contributed by atoms with van der Waals surface area (Å²) in [7, 11) is 1.33. The van der Waals surface area contributed by atoms with E-state index in [-0.39, 0.29) is 13.2 Å². The van der Waals surface area contributed by atoms with E-state index in [4.69, 9.17) is 4.74 Å². The molecule has 0 atom stereocenters. The minimum Gasteiger partial charge on any atom is -0.480 e. The summed E-state index contributed by atoms with van der Waals surface area (Å²) in [6, 6.07) is 7.19. The van der Waals surface area contributed by atoms with Crippen LogP contribution in [0.25, 0.3) is 6.08 Å². The summed E-state index contributed by atoms with van der Waals surface area (Å²) < 4.78 is 14.8. The minimum absolute atomic E-state index is 0.0426. The molecule has 1 aromatic carbocycles. The molecule has 0 saturated heterocycles. The first-order valence-electron chi connectivity index (χ1n) is 6.72. The predicted molar refractivity (Wildman–Crippen MR) is 82.0 cm³/mol. The van der Waals surface area contributed by atoms with Gasteiger partial charge in [-0.1, -0.05) is 18.2 Å².